The molecule has 0 atom stereocenters. The molecule has 0 aliphatic heterocycles. The quantitative estimate of drug-likeness (QED) is 0.180. The average molecular weight is 526 g/mol. The largest absolute Gasteiger partial charge is 0.486 e. The summed E-state index contributed by atoms with van der Waals surface area (Å²) < 4.78 is 55.6. The maximum Gasteiger partial charge on any atom is 0.416 e. The molecule has 4 rings (SSSR count). The van der Waals surface area contributed by atoms with Crippen LogP contribution in [0.2, 0.25) is 0 Å². The molecule has 0 fully saturated rings. The van der Waals surface area contributed by atoms with Gasteiger partial charge in [0, 0.05) is 12.1 Å². The van der Waals surface area contributed by atoms with Crippen molar-refractivity contribution in [3.63, 3.8) is 0 Å². The summed E-state index contributed by atoms with van der Waals surface area (Å²) >= 11 is 0. The molecule has 0 spiro atoms. The van der Waals surface area contributed by atoms with E-state index in [1.165, 1.54) is 23.8 Å². The Hall–Kier alpha value is -4.80. The Morgan fingerprint density at radius 3 is 2.42 bits per heavy atom. The number of halogens is 3. The Bertz CT molecular complexity index is 1450. The van der Waals surface area contributed by atoms with Gasteiger partial charge in [-0.2, -0.15) is 13.2 Å². The van der Waals surface area contributed by atoms with E-state index in [0.29, 0.717) is 11.5 Å². The minimum atomic E-state index is -4.59. The van der Waals surface area contributed by atoms with Crippen molar-refractivity contribution in [2.45, 2.75) is 26.1 Å². The third-order valence-electron chi connectivity index (χ3n) is 5.36. The molecular formula is C27H21F3N2O6. The van der Waals surface area contributed by atoms with Gasteiger partial charge in [-0.25, -0.2) is 0 Å². The van der Waals surface area contributed by atoms with E-state index in [2.05, 4.69) is 5.32 Å². The fourth-order valence-corrected chi connectivity index (χ4v) is 3.44. The van der Waals surface area contributed by atoms with E-state index in [9.17, 15) is 28.1 Å². The van der Waals surface area contributed by atoms with E-state index < -0.39 is 28.3 Å². The van der Waals surface area contributed by atoms with Crippen molar-refractivity contribution >= 4 is 17.3 Å². The molecule has 0 saturated carbocycles. The number of nitro benzene ring substituents is 1. The highest BCUT2D eigenvalue weighted by molar-refractivity contribution is 6.02. The molecule has 38 heavy (non-hydrogen) atoms. The Morgan fingerprint density at radius 1 is 0.974 bits per heavy atom. The van der Waals surface area contributed by atoms with Crippen LogP contribution in [-0.4, -0.2) is 10.8 Å². The first kappa shape index (κ1) is 26.3. The maximum atomic E-state index is 13.0. The number of hydrogen-bond acceptors (Lipinski definition) is 6. The number of nitrogens with zero attached hydrogens (tertiary/aromatic N) is 1. The zero-order chi connectivity index (χ0) is 27.3. The Morgan fingerprint density at radius 2 is 1.74 bits per heavy atom. The van der Waals surface area contributed by atoms with Crippen molar-refractivity contribution in [1.29, 1.82) is 0 Å². The van der Waals surface area contributed by atoms with Gasteiger partial charge < -0.3 is 19.2 Å². The SMILES string of the molecule is CCc1ccc(OCc2ccc(C(=O)Nc3cc(Oc4cccc(C(F)(F)F)c4)cc([N+](=O)[O-])c3)o2)cc1. The lowest BCUT2D eigenvalue weighted by Crippen LogP contribution is -2.11. The van der Waals surface area contributed by atoms with Gasteiger partial charge in [-0.15, -0.1) is 0 Å². The molecule has 11 heteroatoms. The number of benzene rings is 3. The van der Waals surface area contributed by atoms with Gasteiger partial charge in [-0.05, 0) is 54.4 Å². The van der Waals surface area contributed by atoms with Crippen molar-refractivity contribution in [1.82, 2.24) is 0 Å². The highest BCUT2D eigenvalue weighted by Crippen LogP contribution is 2.34. The van der Waals surface area contributed by atoms with Gasteiger partial charge in [0.25, 0.3) is 11.6 Å². The lowest BCUT2D eigenvalue weighted by atomic mass is 10.2. The molecule has 1 heterocycles. The number of amides is 1. The molecule has 0 unspecified atom stereocenters. The maximum absolute atomic E-state index is 13.0. The predicted molar refractivity (Wildman–Crippen MR) is 131 cm³/mol. The molecule has 8 nitrogen and oxygen atoms in total. The molecule has 0 bridgehead atoms. The summed E-state index contributed by atoms with van der Waals surface area (Å²) in [4.78, 5) is 23.4. The van der Waals surface area contributed by atoms with Gasteiger partial charge in [-0.1, -0.05) is 25.1 Å². The van der Waals surface area contributed by atoms with Gasteiger partial charge >= 0.3 is 6.18 Å². The van der Waals surface area contributed by atoms with E-state index in [-0.39, 0.29) is 29.6 Å². The number of nitrogens with one attached hydrogen (secondary N) is 1. The first-order valence-corrected chi connectivity index (χ1v) is 11.4. The molecule has 1 aromatic heterocycles. The number of rotatable bonds is 9. The highest BCUT2D eigenvalue weighted by atomic mass is 19.4. The smallest absolute Gasteiger partial charge is 0.416 e. The van der Waals surface area contributed by atoms with E-state index >= 15 is 0 Å². The molecular weight excluding hydrogens is 505 g/mol. The van der Waals surface area contributed by atoms with Gasteiger partial charge in [0.15, 0.2) is 5.76 Å². The van der Waals surface area contributed by atoms with Crippen molar-refractivity contribution in [3.05, 3.63) is 112 Å². The normalized spacial score (nSPS) is 11.2. The second-order valence-corrected chi connectivity index (χ2v) is 8.11. The zero-order valence-corrected chi connectivity index (χ0v) is 20.0. The topological polar surface area (TPSA) is 104 Å². The summed E-state index contributed by atoms with van der Waals surface area (Å²) in [7, 11) is 0. The standard InChI is InChI=1S/C27H21F3N2O6/c1-2-17-6-8-21(9-7-17)36-16-23-10-11-25(38-23)26(33)31-19-13-20(32(34)35)15-24(14-19)37-22-5-3-4-18(12-22)27(28,29)30/h3-15H,2,16H2,1H3,(H,31,33). The van der Waals surface area contributed by atoms with Crippen LogP contribution in [0, 0.1) is 10.1 Å². The number of ether oxygens (including phenoxy) is 2. The summed E-state index contributed by atoms with van der Waals surface area (Å²) in [5.41, 5.74) is -0.229. The first-order chi connectivity index (χ1) is 18.1. The number of anilines is 1. The Balaban J connectivity index is 1.46. The van der Waals surface area contributed by atoms with Gasteiger partial charge in [0.1, 0.15) is 29.6 Å². The molecule has 4 aromatic rings. The number of hydrogen-bond donors (Lipinski definition) is 1. The first-order valence-electron chi connectivity index (χ1n) is 11.4. The van der Waals surface area contributed by atoms with Crippen LogP contribution in [0.25, 0.3) is 0 Å². The summed E-state index contributed by atoms with van der Waals surface area (Å²) in [5, 5.41) is 13.9. The molecule has 1 N–H and O–H groups in total. The van der Waals surface area contributed by atoms with E-state index in [1.54, 1.807) is 6.07 Å². The lowest BCUT2D eigenvalue weighted by Gasteiger charge is -2.11. The molecule has 0 aliphatic carbocycles. The number of carbonyl (C=O) groups is 1. The van der Waals surface area contributed by atoms with Gasteiger partial charge in [0.2, 0.25) is 0 Å². The van der Waals surface area contributed by atoms with Crippen LogP contribution in [-0.2, 0) is 19.2 Å². The fraction of sp³-hybridized carbons (Fsp3) is 0.148. The molecule has 0 saturated heterocycles. The third-order valence-corrected chi connectivity index (χ3v) is 5.36. The van der Waals surface area contributed by atoms with E-state index in [0.717, 1.165) is 36.8 Å². The minimum Gasteiger partial charge on any atom is -0.486 e. The van der Waals surface area contributed by atoms with Crippen LogP contribution in [0.5, 0.6) is 17.2 Å². The highest BCUT2D eigenvalue weighted by Gasteiger charge is 2.30. The zero-order valence-electron chi connectivity index (χ0n) is 20.0. The summed E-state index contributed by atoms with van der Waals surface area (Å²) in [6, 6.07) is 18.0. The third kappa shape index (κ3) is 6.69. The van der Waals surface area contributed by atoms with Crippen LogP contribution < -0.4 is 14.8 Å². The fourth-order valence-electron chi connectivity index (χ4n) is 3.44. The van der Waals surface area contributed by atoms with Crippen molar-refractivity contribution in [3.8, 4) is 17.2 Å². The molecule has 0 radical (unpaired) electrons. The van der Waals surface area contributed by atoms with Gasteiger partial charge in [0.05, 0.1) is 22.2 Å². The van der Waals surface area contributed by atoms with Crippen LogP contribution in [0.4, 0.5) is 24.5 Å². The monoisotopic (exact) mass is 526 g/mol. The molecule has 0 aliphatic rings. The lowest BCUT2D eigenvalue weighted by molar-refractivity contribution is -0.384. The van der Waals surface area contributed by atoms with E-state index in [1.807, 2.05) is 31.2 Å². The molecule has 196 valence electrons. The van der Waals surface area contributed by atoms with Crippen LogP contribution in [0.1, 0.15) is 34.4 Å². The van der Waals surface area contributed by atoms with Crippen LogP contribution >= 0.6 is 0 Å². The minimum absolute atomic E-state index is 0.0172. The number of non-ortho nitro benzene ring substituents is 1. The Kier molecular flexibility index (Phi) is 7.66. The van der Waals surface area contributed by atoms with Crippen LogP contribution in [0.15, 0.2) is 83.3 Å². The second-order valence-electron chi connectivity index (χ2n) is 8.11. The molecule has 1 amide bonds. The summed E-state index contributed by atoms with van der Waals surface area (Å²) in [5.74, 6) is -0.0864. The second kappa shape index (κ2) is 11.1. The predicted octanol–water partition coefficient (Wildman–Crippen LogP) is 7.39. The van der Waals surface area contributed by atoms with E-state index in [4.69, 9.17) is 13.9 Å². The van der Waals surface area contributed by atoms with Crippen molar-refractivity contribution in [2.75, 3.05) is 5.32 Å². The van der Waals surface area contributed by atoms with Crippen LogP contribution in [0.3, 0.4) is 0 Å². The number of aryl methyl sites for hydroxylation is 1. The summed E-state index contributed by atoms with van der Waals surface area (Å²) in [6.45, 7) is 2.12. The van der Waals surface area contributed by atoms with Crippen molar-refractivity contribution in [2.24, 2.45) is 0 Å². The average Bonchev–Trinajstić information content (AvgIpc) is 3.37. The van der Waals surface area contributed by atoms with Gasteiger partial charge in [-0.3, -0.25) is 14.9 Å². The summed E-state index contributed by atoms with van der Waals surface area (Å²) in [6.07, 6.45) is -3.69. The number of nitro groups is 1. The number of furan rings is 1. The Labute approximate surface area is 214 Å². The van der Waals surface area contributed by atoms with Crippen molar-refractivity contribution < 1.29 is 36.8 Å². The number of carbonyl (C=O) groups excluding carboxylic acids is 1. The molecule has 3 aromatic carbocycles. The number of alkyl halides is 3.